The number of anilines is 1. The summed E-state index contributed by atoms with van der Waals surface area (Å²) in [6.45, 7) is 6.20. The lowest BCUT2D eigenvalue weighted by Gasteiger charge is -2.08. The topological polar surface area (TPSA) is 96.5 Å². The van der Waals surface area contributed by atoms with E-state index in [0.717, 1.165) is 16.9 Å². The summed E-state index contributed by atoms with van der Waals surface area (Å²) in [7, 11) is 1.51. The van der Waals surface area contributed by atoms with E-state index < -0.39 is 5.97 Å². The van der Waals surface area contributed by atoms with Crippen molar-refractivity contribution in [2.75, 3.05) is 25.5 Å². The lowest BCUT2D eigenvalue weighted by atomic mass is 10.1. The third-order valence-corrected chi connectivity index (χ3v) is 5.25. The maximum absolute atomic E-state index is 12.3. The van der Waals surface area contributed by atoms with Gasteiger partial charge in [-0.05, 0) is 31.9 Å². The number of carbonyl (C=O) groups is 3. The average molecular weight is 404 g/mol. The zero-order chi connectivity index (χ0) is 20.7. The minimum absolute atomic E-state index is 0.0718. The Kier molecular flexibility index (Phi) is 7.71. The second-order valence-corrected chi connectivity index (χ2v) is 7.22. The molecule has 8 heteroatoms. The fourth-order valence-electron chi connectivity index (χ4n) is 2.58. The number of nitrogens with one attached hydrogen (secondary N) is 3. The Morgan fingerprint density at radius 1 is 1.11 bits per heavy atom. The van der Waals surface area contributed by atoms with Gasteiger partial charge in [-0.2, -0.15) is 0 Å². The van der Waals surface area contributed by atoms with E-state index in [-0.39, 0.29) is 30.5 Å². The molecule has 0 aliphatic heterocycles. The second kappa shape index (κ2) is 10.0. The van der Waals surface area contributed by atoms with E-state index >= 15 is 0 Å². The van der Waals surface area contributed by atoms with E-state index in [9.17, 15) is 14.4 Å². The third-order valence-electron chi connectivity index (χ3n) is 4.05. The highest BCUT2D eigenvalue weighted by Crippen LogP contribution is 2.33. The van der Waals surface area contributed by atoms with Crippen LogP contribution in [0.15, 0.2) is 24.3 Å². The molecule has 1 heterocycles. The van der Waals surface area contributed by atoms with Crippen LogP contribution in [0.4, 0.5) is 5.00 Å². The number of esters is 1. The zero-order valence-corrected chi connectivity index (χ0v) is 17.3. The lowest BCUT2D eigenvalue weighted by molar-refractivity contribution is -0.115. The summed E-state index contributed by atoms with van der Waals surface area (Å²) in [6.07, 6.45) is 0. The number of aryl methyl sites for hydroxylation is 1. The van der Waals surface area contributed by atoms with E-state index in [4.69, 9.17) is 4.74 Å². The molecule has 0 fully saturated rings. The van der Waals surface area contributed by atoms with Gasteiger partial charge in [0, 0.05) is 13.6 Å². The van der Waals surface area contributed by atoms with Crippen LogP contribution in [0.3, 0.4) is 0 Å². The van der Waals surface area contributed by atoms with Crippen LogP contribution in [-0.4, -0.2) is 38.0 Å². The van der Waals surface area contributed by atoms with Crippen LogP contribution >= 0.6 is 11.3 Å². The zero-order valence-electron chi connectivity index (χ0n) is 16.5. The van der Waals surface area contributed by atoms with Crippen LogP contribution in [0.1, 0.15) is 43.6 Å². The number of carbonyl (C=O) groups excluding carboxylic acids is 3. The molecule has 0 saturated heterocycles. The fourth-order valence-corrected chi connectivity index (χ4v) is 3.74. The predicted molar refractivity (Wildman–Crippen MR) is 110 cm³/mol. The Bertz CT molecular complexity index is 859. The van der Waals surface area contributed by atoms with Crippen molar-refractivity contribution in [1.82, 2.24) is 10.6 Å². The van der Waals surface area contributed by atoms with Crippen molar-refractivity contribution in [3.8, 4) is 0 Å². The van der Waals surface area contributed by atoms with Crippen molar-refractivity contribution in [2.24, 2.45) is 0 Å². The van der Waals surface area contributed by atoms with Gasteiger partial charge in [0.15, 0.2) is 0 Å². The number of ether oxygens (including phenoxy) is 1. The molecule has 0 unspecified atom stereocenters. The van der Waals surface area contributed by atoms with Gasteiger partial charge in [0.1, 0.15) is 5.00 Å². The number of benzene rings is 1. The molecule has 150 valence electrons. The minimum atomic E-state index is -0.561. The van der Waals surface area contributed by atoms with Gasteiger partial charge < -0.3 is 20.7 Å². The number of hydrogen-bond donors (Lipinski definition) is 3. The van der Waals surface area contributed by atoms with Crippen LogP contribution in [0.25, 0.3) is 0 Å². The second-order valence-electron chi connectivity index (χ2n) is 6.20. The van der Waals surface area contributed by atoms with Crippen LogP contribution < -0.4 is 16.0 Å². The Morgan fingerprint density at radius 3 is 2.39 bits per heavy atom. The number of amides is 2. The molecule has 0 aliphatic rings. The summed E-state index contributed by atoms with van der Waals surface area (Å²) in [5.41, 5.74) is 2.95. The molecular formula is C20H25N3O4S. The van der Waals surface area contributed by atoms with Crippen molar-refractivity contribution in [1.29, 1.82) is 0 Å². The summed E-state index contributed by atoms with van der Waals surface area (Å²) in [5, 5.41) is 8.64. The normalized spacial score (nSPS) is 10.4. The van der Waals surface area contributed by atoms with Crippen molar-refractivity contribution >= 4 is 34.1 Å². The SMILES string of the molecule is CCOC(=O)c1c(NC(=O)CNCc2ccc(C)cc2)sc(C(=O)NC)c1C. The monoisotopic (exact) mass is 403 g/mol. The molecule has 3 N–H and O–H groups in total. The molecular weight excluding hydrogens is 378 g/mol. The Labute approximate surface area is 168 Å². The highest BCUT2D eigenvalue weighted by atomic mass is 32.1. The quantitative estimate of drug-likeness (QED) is 0.589. The molecule has 2 aromatic rings. The maximum atomic E-state index is 12.3. The van der Waals surface area contributed by atoms with Gasteiger partial charge in [0.25, 0.3) is 5.91 Å². The van der Waals surface area contributed by atoms with E-state index in [2.05, 4.69) is 16.0 Å². The largest absolute Gasteiger partial charge is 0.462 e. The van der Waals surface area contributed by atoms with E-state index in [1.54, 1.807) is 13.8 Å². The van der Waals surface area contributed by atoms with Gasteiger partial charge in [-0.3, -0.25) is 9.59 Å². The van der Waals surface area contributed by atoms with E-state index in [0.29, 0.717) is 22.0 Å². The van der Waals surface area contributed by atoms with E-state index in [1.165, 1.54) is 12.6 Å². The number of hydrogen-bond acceptors (Lipinski definition) is 6. The summed E-state index contributed by atoms with van der Waals surface area (Å²) in [6, 6.07) is 8.02. The van der Waals surface area contributed by atoms with Gasteiger partial charge in [0.05, 0.1) is 23.6 Å². The first-order valence-corrected chi connectivity index (χ1v) is 9.77. The minimum Gasteiger partial charge on any atom is -0.462 e. The van der Waals surface area contributed by atoms with Gasteiger partial charge in [0.2, 0.25) is 5.91 Å². The van der Waals surface area contributed by atoms with Crippen molar-refractivity contribution < 1.29 is 19.1 Å². The third kappa shape index (κ3) is 5.40. The number of thiophene rings is 1. The summed E-state index contributed by atoms with van der Waals surface area (Å²) >= 11 is 1.06. The fraction of sp³-hybridized carbons (Fsp3) is 0.350. The molecule has 7 nitrogen and oxygen atoms in total. The first-order valence-electron chi connectivity index (χ1n) is 8.96. The lowest BCUT2D eigenvalue weighted by Crippen LogP contribution is -2.28. The van der Waals surface area contributed by atoms with Crippen LogP contribution in [-0.2, 0) is 16.1 Å². The van der Waals surface area contributed by atoms with Gasteiger partial charge in [-0.15, -0.1) is 11.3 Å². The summed E-state index contributed by atoms with van der Waals surface area (Å²) in [4.78, 5) is 37.0. The molecule has 0 bridgehead atoms. The molecule has 0 aliphatic carbocycles. The predicted octanol–water partition coefficient (Wildman–Crippen LogP) is 2.63. The van der Waals surface area contributed by atoms with Crippen molar-refractivity contribution in [2.45, 2.75) is 27.3 Å². The van der Waals surface area contributed by atoms with E-state index in [1.807, 2.05) is 31.2 Å². The molecule has 0 atom stereocenters. The molecule has 1 aromatic carbocycles. The smallest absolute Gasteiger partial charge is 0.341 e. The first-order chi connectivity index (χ1) is 13.4. The van der Waals surface area contributed by atoms with Crippen molar-refractivity contribution in [3.63, 3.8) is 0 Å². The van der Waals surface area contributed by atoms with Gasteiger partial charge >= 0.3 is 5.97 Å². The maximum Gasteiger partial charge on any atom is 0.341 e. The molecule has 28 heavy (non-hydrogen) atoms. The summed E-state index contributed by atoms with van der Waals surface area (Å²) < 4.78 is 5.08. The Morgan fingerprint density at radius 2 is 1.79 bits per heavy atom. The van der Waals surface area contributed by atoms with Gasteiger partial charge in [-0.25, -0.2) is 4.79 Å². The Hall–Kier alpha value is -2.71. The van der Waals surface area contributed by atoms with Crippen LogP contribution in [0, 0.1) is 13.8 Å². The number of rotatable bonds is 8. The standard InChI is InChI=1S/C20H25N3O4S/c1-5-27-20(26)16-13(3)17(18(25)21-4)28-19(16)23-15(24)11-22-10-14-8-6-12(2)7-9-14/h6-9,22H,5,10-11H2,1-4H3,(H,21,25)(H,23,24). The summed E-state index contributed by atoms with van der Waals surface area (Å²) in [5.74, 6) is -1.18. The van der Waals surface area contributed by atoms with Gasteiger partial charge in [-0.1, -0.05) is 29.8 Å². The molecule has 2 amide bonds. The Balaban J connectivity index is 2.08. The average Bonchev–Trinajstić information content (AvgIpc) is 2.98. The van der Waals surface area contributed by atoms with Crippen LogP contribution in [0.5, 0.6) is 0 Å². The molecule has 1 aromatic heterocycles. The molecule has 0 radical (unpaired) electrons. The first kappa shape index (κ1) is 21.6. The molecule has 0 saturated carbocycles. The molecule has 0 spiro atoms. The highest BCUT2D eigenvalue weighted by Gasteiger charge is 2.26. The van der Waals surface area contributed by atoms with Crippen LogP contribution in [0.2, 0.25) is 0 Å². The highest BCUT2D eigenvalue weighted by molar-refractivity contribution is 7.18. The van der Waals surface area contributed by atoms with Crippen molar-refractivity contribution in [3.05, 3.63) is 51.4 Å². The molecule has 2 rings (SSSR count).